The van der Waals surface area contributed by atoms with Gasteiger partial charge in [-0.05, 0) is 6.92 Å². The molecule has 0 spiro atoms. The van der Waals surface area contributed by atoms with Crippen molar-refractivity contribution in [3.8, 4) is 0 Å². The van der Waals surface area contributed by atoms with Crippen LogP contribution in [0.2, 0.25) is 0 Å². The number of nitrogens with zero attached hydrogens (tertiary/aromatic N) is 4. The number of ether oxygens (including phenoxy) is 1. The lowest BCUT2D eigenvalue weighted by Crippen LogP contribution is -2.30. The number of fused-ring (bicyclic) bond motifs is 1. The fourth-order valence-corrected chi connectivity index (χ4v) is 2.03. The van der Waals surface area contributed by atoms with E-state index in [-0.39, 0.29) is 0 Å². The van der Waals surface area contributed by atoms with Crippen molar-refractivity contribution >= 4 is 11.2 Å². The third-order valence-corrected chi connectivity index (χ3v) is 2.99. The maximum atomic E-state index is 9.89. The predicted octanol–water partition coefficient (Wildman–Crippen LogP) is -0.535. The van der Waals surface area contributed by atoms with Gasteiger partial charge >= 0.3 is 0 Å². The Morgan fingerprint density at radius 3 is 2.82 bits per heavy atom. The van der Waals surface area contributed by atoms with Gasteiger partial charge in [0.15, 0.2) is 11.9 Å². The Morgan fingerprint density at radius 1 is 1.29 bits per heavy atom. The van der Waals surface area contributed by atoms with Gasteiger partial charge in [0.05, 0.1) is 18.6 Å². The molecule has 0 bridgehead atoms. The Morgan fingerprint density at radius 2 is 2.12 bits per heavy atom. The minimum Gasteiger partial charge on any atom is -0.388 e. The average Bonchev–Trinajstić information content (AvgIpc) is 2.86. The van der Waals surface area contributed by atoms with Crippen molar-refractivity contribution in [2.75, 3.05) is 0 Å². The second-order valence-electron chi connectivity index (χ2n) is 4.10. The van der Waals surface area contributed by atoms with Gasteiger partial charge in [0, 0.05) is 0 Å². The topological polar surface area (TPSA) is 93.3 Å². The van der Waals surface area contributed by atoms with Crippen molar-refractivity contribution in [1.29, 1.82) is 0 Å². The predicted molar refractivity (Wildman–Crippen MR) is 56.9 cm³/mol. The standard InChI is InChI=1S/C10H12N4O3/c1-5-7(15)8(16)10(17-5)14-4-13-6-2-11-3-12-9(6)14/h2-5,7-8,10,15-16H,1H3/t5-,7-,8-,10-/m1/s1. The first kappa shape index (κ1) is 10.6. The van der Waals surface area contributed by atoms with Crippen molar-refractivity contribution in [3.63, 3.8) is 0 Å². The number of aromatic nitrogens is 4. The zero-order valence-electron chi connectivity index (χ0n) is 9.13. The van der Waals surface area contributed by atoms with E-state index in [4.69, 9.17) is 4.74 Å². The Kier molecular flexibility index (Phi) is 2.32. The summed E-state index contributed by atoms with van der Waals surface area (Å²) in [6.07, 6.45) is 1.53. The summed E-state index contributed by atoms with van der Waals surface area (Å²) in [7, 11) is 0. The molecule has 3 rings (SSSR count). The second kappa shape index (κ2) is 3.73. The first-order chi connectivity index (χ1) is 8.18. The zero-order valence-corrected chi connectivity index (χ0v) is 9.13. The summed E-state index contributed by atoms with van der Waals surface area (Å²) >= 11 is 0. The molecular weight excluding hydrogens is 224 g/mol. The number of imidazole rings is 1. The molecule has 17 heavy (non-hydrogen) atoms. The van der Waals surface area contributed by atoms with Crippen molar-refractivity contribution in [2.45, 2.75) is 31.5 Å². The highest BCUT2D eigenvalue weighted by Gasteiger charge is 2.41. The Bertz CT molecular complexity index is 543. The molecule has 4 atom stereocenters. The molecule has 0 aliphatic carbocycles. The molecule has 1 aliphatic heterocycles. The van der Waals surface area contributed by atoms with Crippen LogP contribution in [0.1, 0.15) is 13.2 Å². The molecule has 2 aromatic rings. The number of hydrogen-bond donors (Lipinski definition) is 2. The van der Waals surface area contributed by atoms with Gasteiger partial charge in [-0.3, -0.25) is 4.57 Å². The van der Waals surface area contributed by atoms with Gasteiger partial charge in [-0.25, -0.2) is 15.0 Å². The summed E-state index contributed by atoms with van der Waals surface area (Å²) < 4.78 is 7.11. The summed E-state index contributed by atoms with van der Waals surface area (Å²) in [5.41, 5.74) is 1.20. The van der Waals surface area contributed by atoms with Gasteiger partial charge in [0.25, 0.3) is 0 Å². The van der Waals surface area contributed by atoms with Crippen LogP contribution in [-0.2, 0) is 4.74 Å². The van der Waals surface area contributed by atoms with E-state index in [0.29, 0.717) is 11.2 Å². The molecule has 0 unspecified atom stereocenters. The van der Waals surface area contributed by atoms with Gasteiger partial charge in [-0.1, -0.05) is 0 Å². The van der Waals surface area contributed by atoms with E-state index in [2.05, 4.69) is 15.0 Å². The van der Waals surface area contributed by atoms with Gasteiger partial charge in [0.1, 0.15) is 24.1 Å². The van der Waals surface area contributed by atoms with Gasteiger partial charge in [0.2, 0.25) is 0 Å². The lowest BCUT2D eigenvalue weighted by molar-refractivity contribution is -0.0299. The molecule has 2 aromatic heterocycles. The highest BCUT2D eigenvalue weighted by Crippen LogP contribution is 2.30. The first-order valence-electron chi connectivity index (χ1n) is 5.32. The van der Waals surface area contributed by atoms with Crippen LogP contribution in [0.15, 0.2) is 18.9 Å². The number of aliphatic hydroxyl groups is 2. The van der Waals surface area contributed by atoms with Gasteiger partial charge in [-0.2, -0.15) is 0 Å². The monoisotopic (exact) mass is 236 g/mol. The summed E-state index contributed by atoms with van der Waals surface area (Å²) in [6.45, 7) is 1.71. The van der Waals surface area contributed by atoms with E-state index in [1.54, 1.807) is 17.7 Å². The van der Waals surface area contributed by atoms with Crippen molar-refractivity contribution in [1.82, 2.24) is 19.5 Å². The van der Waals surface area contributed by atoms with Crippen molar-refractivity contribution in [3.05, 3.63) is 18.9 Å². The molecule has 90 valence electrons. The summed E-state index contributed by atoms with van der Waals surface area (Å²) in [5, 5.41) is 19.6. The average molecular weight is 236 g/mol. The maximum absolute atomic E-state index is 9.89. The number of aliphatic hydroxyl groups excluding tert-OH is 2. The summed E-state index contributed by atoms with van der Waals surface area (Å²) in [6, 6.07) is 0. The van der Waals surface area contributed by atoms with E-state index in [0.717, 1.165) is 0 Å². The molecular formula is C10H12N4O3. The normalized spacial score (nSPS) is 33.4. The van der Waals surface area contributed by atoms with Crippen LogP contribution in [0.25, 0.3) is 11.2 Å². The third-order valence-electron chi connectivity index (χ3n) is 2.99. The van der Waals surface area contributed by atoms with Crippen LogP contribution in [0.3, 0.4) is 0 Å². The molecule has 0 amide bonds. The number of hydrogen-bond acceptors (Lipinski definition) is 6. The largest absolute Gasteiger partial charge is 0.388 e. The van der Waals surface area contributed by atoms with Gasteiger partial charge in [-0.15, -0.1) is 0 Å². The lowest BCUT2D eigenvalue weighted by atomic mass is 10.1. The van der Waals surface area contributed by atoms with E-state index in [9.17, 15) is 10.2 Å². The van der Waals surface area contributed by atoms with Crippen LogP contribution < -0.4 is 0 Å². The maximum Gasteiger partial charge on any atom is 0.165 e. The molecule has 0 aromatic carbocycles. The van der Waals surface area contributed by atoms with E-state index >= 15 is 0 Å². The number of rotatable bonds is 1. The summed E-state index contributed by atoms with van der Waals surface area (Å²) in [4.78, 5) is 12.1. The van der Waals surface area contributed by atoms with Crippen LogP contribution in [0.5, 0.6) is 0 Å². The minimum absolute atomic E-state index is 0.422. The Balaban J connectivity index is 2.05. The highest BCUT2D eigenvalue weighted by atomic mass is 16.6. The molecule has 7 nitrogen and oxygen atoms in total. The second-order valence-corrected chi connectivity index (χ2v) is 4.10. The molecule has 1 saturated heterocycles. The van der Waals surface area contributed by atoms with Crippen LogP contribution in [0.4, 0.5) is 0 Å². The van der Waals surface area contributed by atoms with Crippen molar-refractivity contribution in [2.24, 2.45) is 0 Å². The van der Waals surface area contributed by atoms with Crippen LogP contribution in [0, 0.1) is 0 Å². The molecule has 3 heterocycles. The van der Waals surface area contributed by atoms with E-state index in [1.165, 1.54) is 12.7 Å². The molecule has 0 radical (unpaired) electrons. The quantitative estimate of drug-likeness (QED) is 0.691. The van der Waals surface area contributed by atoms with Crippen LogP contribution >= 0.6 is 0 Å². The van der Waals surface area contributed by atoms with Gasteiger partial charge < -0.3 is 14.9 Å². The fourth-order valence-electron chi connectivity index (χ4n) is 2.03. The molecule has 2 N–H and O–H groups in total. The molecule has 1 fully saturated rings. The highest BCUT2D eigenvalue weighted by molar-refractivity contribution is 5.68. The summed E-state index contributed by atoms with van der Waals surface area (Å²) in [5.74, 6) is 0. The van der Waals surface area contributed by atoms with E-state index < -0.39 is 24.5 Å². The molecule has 7 heteroatoms. The lowest BCUT2D eigenvalue weighted by Gasteiger charge is -2.16. The van der Waals surface area contributed by atoms with E-state index in [1.807, 2.05) is 0 Å². The van der Waals surface area contributed by atoms with Crippen LogP contribution in [-0.4, -0.2) is 48.0 Å². The minimum atomic E-state index is -0.989. The first-order valence-corrected chi connectivity index (χ1v) is 5.32. The molecule has 1 aliphatic rings. The van der Waals surface area contributed by atoms with Crippen molar-refractivity contribution < 1.29 is 14.9 Å². The third kappa shape index (κ3) is 1.51. The zero-order chi connectivity index (χ0) is 12.0. The molecule has 0 saturated carbocycles. The SMILES string of the molecule is C[C@H]1O[C@@H](n2cnc3cncnc32)[C@H](O)[C@@H]1O. The Hall–Kier alpha value is -1.57. The smallest absolute Gasteiger partial charge is 0.165 e. The Labute approximate surface area is 96.7 Å². The fraction of sp³-hybridized carbons (Fsp3) is 0.500.